The maximum absolute atomic E-state index is 10.7. The summed E-state index contributed by atoms with van der Waals surface area (Å²) in [6, 6.07) is 0. The molecule has 1 N–H and O–H groups in total. The van der Waals surface area contributed by atoms with E-state index in [4.69, 9.17) is 5.11 Å². The fraction of sp³-hybridized carbons (Fsp3) is 0.667. The summed E-state index contributed by atoms with van der Waals surface area (Å²) in [5.41, 5.74) is 0. The predicted octanol–water partition coefficient (Wildman–Crippen LogP) is 1.92. The zero-order valence-corrected chi connectivity index (χ0v) is 6.95. The quantitative estimate of drug-likeness (QED) is 0.586. The van der Waals surface area contributed by atoms with E-state index in [-0.39, 0.29) is 17.8 Å². The fourth-order valence-corrected chi connectivity index (χ4v) is 1.76. The van der Waals surface area contributed by atoms with Crippen LogP contribution in [0.2, 0.25) is 0 Å². The lowest BCUT2D eigenvalue weighted by atomic mass is 9.78. The molecule has 62 valence electrons. The van der Waals surface area contributed by atoms with Crippen molar-refractivity contribution in [3.63, 3.8) is 0 Å². The van der Waals surface area contributed by atoms with Crippen LogP contribution in [0.5, 0.6) is 0 Å². The summed E-state index contributed by atoms with van der Waals surface area (Å²) in [6.45, 7) is 3.96. The van der Waals surface area contributed by atoms with Crippen LogP contribution in [0.4, 0.5) is 0 Å². The van der Waals surface area contributed by atoms with Crippen LogP contribution in [0.3, 0.4) is 0 Å². The van der Waals surface area contributed by atoms with Gasteiger partial charge in [-0.15, -0.1) is 0 Å². The molecule has 0 bridgehead atoms. The molecule has 2 nitrogen and oxygen atoms in total. The minimum absolute atomic E-state index is 0.181. The van der Waals surface area contributed by atoms with Crippen molar-refractivity contribution in [1.29, 1.82) is 0 Å². The lowest BCUT2D eigenvalue weighted by molar-refractivity contribution is -0.145. The molecule has 0 saturated carbocycles. The molecule has 0 radical (unpaired) electrons. The van der Waals surface area contributed by atoms with Gasteiger partial charge in [-0.05, 0) is 18.3 Å². The van der Waals surface area contributed by atoms with Crippen molar-refractivity contribution in [2.24, 2.45) is 17.8 Å². The van der Waals surface area contributed by atoms with Gasteiger partial charge < -0.3 is 5.11 Å². The first kappa shape index (κ1) is 8.31. The van der Waals surface area contributed by atoms with Gasteiger partial charge >= 0.3 is 5.97 Å². The first-order chi connectivity index (χ1) is 5.13. The van der Waals surface area contributed by atoms with Crippen molar-refractivity contribution >= 4 is 5.97 Å². The first-order valence-corrected chi connectivity index (χ1v) is 4.02. The minimum atomic E-state index is -0.658. The number of carbonyl (C=O) groups is 1. The van der Waals surface area contributed by atoms with E-state index in [9.17, 15) is 4.79 Å². The summed E-state index contributed by atoms with van der Waals surface area (Å²) in [5.74, 6) is -0.363. The Labute approximate surface area is 66.9 Å². The molecule has 1 aliphatic carbocycles. The van der Waals surface area contributed by atoms with Gasteiger partial charge in [-0.2, -0.15) is 0 Å². The van der Waals surface area contributed by atoms with Gasteiger partial charge in [0.15, 0.2) is 0 Å². The number of rotatable bonds is 1. The van der Waals surface area contributed by atoms with Gasteiger partial charge in [0.05, 0.1) is 5.92 Å². The van der Waals surface area contributed by atoms with Gasteiger partial charge in [0.25, 0.3) is 0 Å². The van der Waals surface area contributed by atoms with E-state index in [0.29, 0.717) is 0 Å². The second-order valence-corrected chi connectivity index (χ2v) is 3.36. The molecule has 3 atom stereocenters. The Balaban J connectivity index is 2.74. The zero-order chi connectivity index (χ0) is 8.43. The van der Waals surface area contributed by atoms with Gasteiger partial charge in [-0.25, -0.2) is 0 Å². The minimum Gasteiger partial charge on any atom is -0.481 e. The van der Waals surface area contributed by atoms with Gasteiger partial charge in [0, 0.05) is 0 Å². The first-order valence-electron chi connectivity index (χ1n) is 4.02. The highest BCUT2D eigenvalue weighted by molar-refractivity contribution is 5.71. The second kappa shape index (κ2) is 3.07. The molecule has 0 aromatic carbocycles. The molecule has 0 aromatic rings. The standard InChI is InChI=1S/C9H14O2/c1-6-4-3-5-7(2)8(6)9(10)11/h3-4,6-8H,5H2,1-2H3,(H,10,11)/t6-,7+,8+/m1/s1. The summed E-state index contributed by atoms with van der Waals surface area (Å²) < 4.78 is 0. The SMILES string of the molecule is C[C@@H]1C=CC[C@H](C)[C@H]1C(=O)O. The van der Waals surface area contributed by atoms with Crippen molar-refractivity contribution in [3.8, 4) is 0 Å². The maximum Gasteiger partial charge on any atom is 0.307 e. The summed E-state index contributed by atoms with van der Waals surface area (Å²) in [6.07, 6.45) is 4.98. The number of aliphatic carboxylic acids is 1. The summed E-state index contributed by atoms with van der Waals surface area (Å²) in [4.78, 5) is 10.7. The normalized spacial score (nSPS) is 37.1. The lowest BCUT2D eigenvalue weighted by Crippen LogP contribution is -2.29. The molecule has 1 rings (SSSR count). The van der Waals surface area contributed by atoms with E-state index >= 15 is 0 Å². The molecular formula is C9H14O2. The van der Waals surface area contributed by atoms with Crippen molar-refractivity contribution in [2.45, 2.75) is 20.3 Å². The van der Waals surface area contributed by atoms with Crippen molar-refractivity contribution < 1.29 is 9.90 Å². The largest absolute Gasteiger partial charge is 0.481 e. The number of allylic oxidation sites excluding steroid dienone is 2. The van der Waals surface area contributed by atoms with Crippen LogP contribution < -0.4 is 0 Å². The van der Waals surface area contributed by atoms with Crippen molar-refractivity contribution in [3.05, 3.63) is 12.2 Å². The molecule has 11 heavy (non-hydrogen) atoms. The van der Waals surface area contributed by atoms with Gasteiger partial charge in [-0.1, -0.05) is 26.0 Å². The molecule has 0 fully saturated rings. The third-order valence-electron chi connectivity index (χ3n) is 2.41. The highest BCUT2D eigenvalue weighted by atomic mass is 16.4. The van der Waals surface area contributed by atoms with E-state index < -0.39 is 5.97 Å². The Bertz CT molecular complexity index is 184. The Morgan fingerprint density at radius 3 is 2.55 bits per heavy atom. The topological polar surface area (TPSA) is 37.3 Å². The molecule has 0 aliphatic heterocycles. The molecule has 0 aromatic heterocycles. The van der Waals surface area contributed by atoms with E-state index in [1.807, 2.05) is 19.9 Å². The van der Waals surface area contributed by atoms with Crippen LogP contribution in [-0.4, -0.2) is 11.1 Å². The average Bonchev–Trinajstić information content (AvgIpc) is 1.85. The Morgan fingerprint density at radius 2 is 2.18 bits per heavy atom. The van der Waals surface area contributed by atoms with Crippen LogP contribution in [0.1, 0.15) is 20.3 Å². The summed E-state index contributed by atoms with van der Waals surface area (Å²) in [7, 11) is 0. The fourth-order valence-electron chi connectivity index (χ4n) is 1.76. The smallest absolute Gasteiger partial charge is 0.307 e. The monoisotopic (exact) mass is 154 g/mol. The van der Waals surface area contributed by atoms with Crippen molar-refractivity contribution in [2.75, 3.05) is 0 Å². The molecule has 2 heteroatoms. The van der Waals surface area contributed by atoms with E-state index in [0.717, 1.165) is 6.42 Å². The second-order valence-electron chi connectivity index (χ2n) is 3.36. The average molecular weight is 154 g/mol. The van der Waals surface area contributed by atoms with Crippen LogP contribution in [0.15, 0.2) is 12.2 Å². The van der Waals surface area contributed by atoms with Crippen molar-refractivity contribution in [1.82, 2.24) is 0 Å². The molecule has 0 amide bonds. The Hall–Kier alpha value is -0.790. The lowest BCUT2D eigenvalue weighted by Gasteiger charge is -2.26. The van der Waals surface area contributed by atoms with Crippen LogP contribution in [0, 0.1) is 17.8 Å². The van der Waals surface area contributed by atoms with Gasteiger partial charge in [0.1, 0.15) is 0 Å². The van der Waals surface area contributed by atoms with Crippen LogP contribution >= 0.6 is 0 Å². The van der Waals surface area contributed by atoms with Crippen LogP contribution in [-0.2, 0) is 4.79 Å². The number of hydrogen-bond acceptors (Lipinski definition) is 1. The summed E-state index contributed by atoms with van der Waals surface area (Å²) >= 11 is 0. The van der Waals surface area contributed by atoms with Crippen LogP contribution in [0.25, 0.3) is 0 Å². The summed E-state index contributed by atoms with van der Waals surface area (Å²) in [5, 5.41) is 8.85. The molecule has 1 aliphatic rings. The van der Waals surface area contributed by atoms with Gasteiger partial charge in [-0.3, -0.25) is 4.79 Å². The van der Waals surface area contributed by atoms with Gasteiger partial charge in [0.2, 0.25) is 0 Å². The molecule has 0 heterocycles. The molecule has 0 unspecified atom stereocenters. The zero-order valence-electron chi connectivity index (χ0n) is 6.95. The predicted molar refractivity (Wildman–Crippen MR) is 43.2 cm³/mol. The number of carboxylic acids is 1. The number of hydrogen-bond donors (Lipinski definition) is 1. The molecule has 0 saturated heterocycles. The number of carboxylic acid groups (broad SMARTS) is 1. The van der Waals surface area contributed by atoms with E-state index in [1.54, 1.807) is 0 Å². The highest BCUT2D eigenvalue weighted by Gasteiger charge is 2.30. The Morgan fingerprint density at radius 1 is 1.55 bits per heavy atom. The van der Waals surface area contributed by atoms with E-state index in [1.165, 1.54) is 0 Å². The highest BCUT2D eigenvalue weighted by Crippen LogP contribution is 2.29. The molecule has 0 spiro atoms. The molecular weight excluding hydrogens is 140 g/mol. The maximum atomic E-state index is 10.7. The Kier molecular flexibility index (Phi) is 2.32. The third kappa shape index (κ3) is 1.62. The third-order valence-corrected chi connectivity index (χ3v) is 2.41. The van der Waals surface area contributed by atoms with E-state index in [2.05, 4.69) is 6.08 Å².